The Balaban J connectivity index is 0.00000312. The lowest BCUT2D eigenvalue weighted by Gasteiger charge is -2.13. The summed E-state index contributed by atoms with van der Waals surface area (Å²) in [6.45, 7) is 8.71. The monoisotopic (exact) mass is 462 g/mol. The van der Waals surface area contributed by atoms with Gasteiger partial charge in [-0.3, -0.25) is 4.98 Å². The van der Waals surface area contributed by atoms with Gasteiger partial charge in [0.05, 0.1) is 24.9 Å². The van der Waals surface area contributed by atoms with E-state index in [9.17, 15) is 0 Å². The van der Waals surface area contributed by atoms with Gasteiger partial charge in [-0.1, -0.05) is 6.07 Å². The fraction of sp³-hybridized carbons (Fsp3) is 0.667. The van der Waals surface area contributed by atoms with E-state index in [1.54, 1.807) is 0 Å². The lowest BCUT2D eigenvalue weighted by atomic mass is 10.2. The van der Waals surface area contributed by atoms with Crippen LogP contribution in [0.5, 0.6) is 0 Å². The molecule has 0 spiro atoms. The Labute approximate surface area is 168 Å². The smallest absolute Gasteiger partial charge is 0.191 e. The molecule has 2 heterocycles. The third-order valence-electron chi connectivity index (χ3n) is 3.93. The van der Waals surface area contributed by atoms with E-state index < -0.39 is 0 Å². The van der Waals surface area contributed by atoms with E-state index in [1.807, 2.05) is 12.3 Å². The van der Waals surface area contributed by atoms with Gasteiger partial charge >= 0.3 is 0 Å². The average Bonchev–Trinajstić information content (AvgIpc) is 3.10. The first-order valence-electron chi connectivity index (χ1n) is 8.91. The Morgan fingerprint density at radius 1 is 1.44 bits per heavy atom. The molecule has 1 aromatic rings. The second-order valence-corrected chi connectivity index (χ2v) is 5.95. The van der Waals surface area contributed by atoms with Crippen LogP contribution in [0, 0.1) is 6.92 Å². The number of nitrogens with zero attached hydrogens (tertiary/aromatic N) is 2. The maximum atomic E-state index is 5.67. The summed E-state index contributed by atoms with van der Waals surface area (Å²) in [7, 11) is 0. The molecule has 142 valence electrons. The largest absolute Gasteiger partial charge is 0.379 e. The Bertz CT molecular complexity index is 508. The summed E-state index contributed by atoms with van der Waals surface area (Å²) in [5, 5.41) is 6.60. The molecule has 0 radical (unpaired) electrons. The molecule has 25 heavy (non-hydrogen) atoms. The minimum atomic E-state index is 0. The van der Waals surface area contributed by atoms with Crippen LogP contribution in [-0.2, 0) is 16.0 Å². The van der Waals surface area contributed by atoms with Gasteiger partial charge in [0.1, 0.15) is 0 Å². The van der Waals surface area contributed by atoms with Crippen LogP contribution in [0.25, 0.3) is 0 Å². The van der Waals surface area contributed by atoms with Crippen molar-refractivity contribution in [3.8, 4) is 0 Å². The van der Waals surface area contributed by atoms with Crippen LogP contribution in [0.15, 0.2) is 23.3 Å². The number of aryl methyl sites for hydroxylation is 1. The summed E-state index contributed by atoms with van der Waals surface area (Å²) in [6, 6.07) is 4.01. The van der Waals surface area contributed by atoms with Crippen LogP contribution in [-0.4, -0.2) is 50.0 Å². The topological polar surface area (TPSA) is 67.8 Å². The molecule has 1 aromatic heterocycles. The van der Waals surface area contributed by atoms with Crippen molar-refractivity contribution >= 4 is 29.9 Å². The molecule has 7 heteroatoms. The zero-order valence-corrected chi connectivity index (χ0v) is 17.6. The van der Waals surface area contributed by atoms with Crippen molar-refractivity contribution in [3.63, 3.8) is 0 Å². The fourth-order valence-corrected chi connectivity index (χ4v) is 2.55. The normalized spacial score (nSPS) is 17.2. The molecule has 1 aliphatic heterocycles. The Hall–Kier alpha value is -0.930. The molecule has 0 amide bonds. The summed E-state index contributed by atoms with van der Waals surface area (Å²) in [5.41, 5.74) is 2.18. The average molecular weight is 462 g/mol. The van der Waals surface area contributed by atoms with E-state index in [0.717, 1.165) is 57.2 Å². The molecule has 1 atom stereocenters. The van der Waals surface area contributed by atoms with E-state index >= 15 is 0 Å². The van der Waals surface area contributed by atoms with Crippen LogP contribution in [0.4, 0.5) is 0 Å². The SMILES string of the molecule is CCNC(=NCc1ncccc1C)NCCCOCC1CCCO1.I. The molecule has 2 N–H and O–H groups in total. The molecule has 0 saturated carbocycles. The van der Waals surface area contributed by atoms with Gasteiger partial charge in [0, 0.05) is 32.5 Å². The first-order valence-corrected chi connectivity index (χ1v) is 8.91. The van der Waals surface area contributed by atoms with Crippen molar-refractivity contribution in [3.05, 3.63) is 29.6 Å². The fourth-order valence-electron chi connectivity index (χ4n) is 2.55. The standard InChI is InChI=1S/C18H30N4O2.HI/c1-3-19-18(22-13-17-15(2)7-4-9-20-17)21-10-6-11-23-14-16-8-5-12-24-16;/h4,7,9,16H,3,5-6,8,10-14H2,1-2H3,(H2,19,21,22);1H. The highest BCUT2D eigenvalue weighted by Crippen LogP contribution is 2.11. The number of hydrogen-bond acceptors (Lipinski definition) is 4. The summed E-state index contributed by atoms with van der Waals surface area (Å²) in [5.74, 6) is 0.821. The number of nitrogens with one attached hydrogen (secondary N) is 2. The first-order chi connectivity index (χ1) is 11.8. The summed E-state index contributed by atoms with van der Waals surface area (Å²) in [4.78, 5) is 8.97. The van der Waals surface area contributed by atoms with Crippen molar-refractivity contribution in [1.29, 1.82) is 0 Å². The van der Waals surface area contributed by atoms with E-state index in [0.29, 0.717) is 19.3 Å². The van der Waals surface area contributed by atoms with Crippen molar-refractivity contribution in [2.75, 3.05) is 32.9 Å². The summed E-state index contributed by atoms with van der Waals surface area (Å²) < 4.78 is 11.2. The molecular weight excluding hydrogens is 431 g/mol. The van der Waals surface area contributed by atoms with Gasteiger partial charge in [-0.25, -0.2) is 4.99 Å². The van der Waals surface area contributed by atoms with Gasteiger partial charge in [-0.2, -0.15) is 0 Å². The van der Waals surface area contributed by atoms with Gasteiger partial charge in [0.25, 0.3) is 0 Å². The molecule has 1 aliphatic rings. The van der Waals surface area contributed by atoms with E-state index in [-0.39, 0.29) is 24.0 Å². The Morgan fingerprint density at radius 3 is 3.04 bits per heavy atom. The van der Waals surface area contributed by atoms with Crippen molar-refractivity contribution in [2.24, 2.45) is 4.99 Å². The highest BCUT2D eigenvalue weighted by molar-refractivity contribution is 14.0. The zero-order chi connectivity index (χ0) is 17.0. The van der Waals surface area contributed by atoms with Crippen LogP contribution in [0.1, 0.15) is 37.4 Å². The lowest BCUT2D eigenvalue weighted by molar-refractivity contribution is 0.0168. The molecule has 0 aliphatic carbocycles. The van der Waals surface area contributed by atoms with Crippen LogP contribution >= 0.6 is 24.0 Å². The second-order valence-electron chi connectivity index (χ2n) is 5.95. The number of guanidine groups is 1. The number of ether oxygens (including phenoxy) is 2. The molecule has 6 nitrogen and oxygen atoms in total. The van der Waals surface area contributed by atoms with Crippen LogP contribution < -0.4 is 10.6 Å². The highest BCUT2D eigenvalue weighted by atomic mass is 127. The number of aliphatic imine (C=N–C) groups is 1. The second kappa shape index (κ2) is 13.3. The van der Waals surface area contributed by atoms with Crippen LogP contribution in [0.3, 0.4) is 0 Å². The predicted octanol–water partition coefficient (Wildman–Crippen LogP) is 2.65. The zero-order valence-electron chi connectivity index (χ0n) is 15.3. The molecule has 0 bridgehead atoms. The highest BCUT2D eigenvalue weighted by Gasteiger charge is 2.14. The van der Waals surface area contributed by atoms with Gasteiger partial charge in [-0.15, -0.1) is 24.0 Å². The molecule has 1 fully saturated rings. The van der Waals surface area contributed by atoms with Crippen molar-refractivity contribution in [1.82, 2.24) is 15.6 Å². The van der Waals surface area contributed by atoms with Crippen LogP contribution in [0.2, 0.25) is 0 Å². The van der Waals surface area contributed by atoms with Crippen molar-refractivity contribution in [2.45, 2.75) is 45.8 Å². The van der Waals surface area contributed by atoms with E-state index in [4.69, 9.17) is 9.47 Å². The van der Waals surface area contributed by atoms with Gasteiger partial charge < -0.3 is 20.1 Å². The van der Waals surface area contributed by atoms with Gasteiger partial charge in [0.15, 0.2) is 5.96 Å². The lowest BCUT2D eigenvalue weighted by Crippen LogP contribution is -2.38. The first kappa shape index (κ1) is 22.1. The van der Waals surface area contributed by atoms with E-state index in [2.05, 4.69) is 40.5 Å². The minimum absolute atomic E-state index is 0. The Kier molecular flexibility index (Phi) is 11.8. The molecule has 0 aromatic carbocycles. The molecular formula is C18H31IN4O2. The maximum Gasteiger partial charge on any atom is 0.191 e. The third kappa shape index (κ3) is 8.82. The van der Waals surface area contributed by atoms with E-state index in [1.165, 1.54) is 5.56 Å². The number of hydrogen-bond donors (Lipinski definition) is 2. The van der Waals surface area contributed by atoms with Gasteiger partial charge in [-0.05, 0) is 44.7 Å². The Morgan fingerprint density at radius 2 is 2.32 bits per heavy atom. The summed E-state index contributed by atoms with van der Waals surface area (Å²) >= 11 is 0. The third-order valence-corrected chi connectivity index (χ3v) is 3.93. The van der Waals surface area contributed by atoms with Crippen molar-refractivity contribution < 1.29 is 9.47 Å². The quantitative estimate of drug-likeness (QED) is 0.256. The maximum absolute atomic E-state index is 5.67. The molecule has 2 rings (SSSR count). The molecule has 1 saturated heterocycles. The minimum Gasteiger partial charge on any atom is -0.379 e. The number of halogens is 1. The van der Waals surface area contributed by atoms with Gasteiger partial charge in [0.2, 0.25) is 0 Å². The molecule has 1 unspecified atom stereocenters. The number of aromatic nitrogens is 1. The predicted molar refractivity (Wildman–Crippen MR) is 112 cm³/mol. The number of pyridine rings is 1. The number of rotatable bonds is 9. The summed E-state index contributed by atoms with van der Waals surface area (Å²) in [6.07, 6.45) is 5.35.